The topological polar surface area (TPSA) is 38.8 Å². The van der Waals surface area contributed by atoms with Gasteiger partial charge in [0.15, 0.2) is 0 Å². The van der Waals surface area contributed by atoms with Gasteiger partial charge in [-0.1, -0.05) is 0 Å². The molecule has 0 bridgehead atoms. The van der Waals surface area contributed by atoms with Crippen LogP contribution in [0.4, 0.5) is 4.79 Å². The zero-order chi connectivity index (χ0) is 11.8. The number of rotatable bonds is 2. The number of hydrogen-bond donors (Lipinski definition) is 0. The fraction of sp³-hybridized carbons (Fsp3) is 0.917. The van der Waals surface area contributed by atoms with Crippen molar-refractivity contribution in [2.45, 2.75) is 57.8 Å². The minimum Gasteiger partial charge on any atom is -0.444 e. The fourth-order valence-corrected chi connectivity index (χ4v) is 1.81. The Kier molecular flexibility index (Phi) is 3.10. The van der Waals surface area contributed by atoms with Crippen molar-refractivity contribution < 1.29 is 14.3 Å². The van der Waals surface area contributed by atoms with Gasteiger partial charge >= 0.3 is 6.09 Å². The molecule has 1 saturated heterocycles. The van der Waals surface area contributed by atoms with Crippen LogP contribution in [0.3, 0.4) is 0 Å². The van der Waals surface area contributed by atoms with Crippen LogP contribution in [0, 0.1) is 0 Å². The highest BCUT2D eigenvalue weighted by molar-refractivity contribution is 5.68. The van der Waals surface area contributed by atoms with Crippen molar-refractivity contribution in [1.82, 2.24) is 4.90 Å². The first-order valence-electron chi connectivity index (χ1n) is 6.07. The minimum atomic E-state index is -0.410. The highest BCUT2D eigenvalue weighted by Crippen LogP contribution is 2.28. The molecule has 1 aliphatic heterocycles. The van der Waals surface area contributed by atoms with Gasteiger partial charge in [0.1, 0.15) is 5.60 Å². The molecule has 4 nitrogen and oxygen atoms in total. The van der Waals surface area contributed by atoms with E-state index in [2.05, 4.69) is 0 Å². The van der Waals surface area contributed by atoms with Crippen LogP contribution in [-0.4, -0.2) is 41.9 Å². The van der Waals surface area contributed by atoms with Crippen molar-refractivity contribution in [2.24, 2.45) is 0 Å². The van der Waals surface area contributed by atoms with E-state index >= 15 is 0 Å². The van der Waals surface area contributed by atoms with Gasteiger partial charge in [-0.3, -0.25) is 0 Å². The predicted octanol–water partition coefficient (Wildman–Crippen LogP) is 2.17. The summed E-state index contributed by atoms with van der Waals surface area (Å²) in [7, 11) is 0. The third kappa shape index (κ3) is 3.37. The lowest BCUT2D eigenvalue weighted by Crippen LogP contribution is -2.36. The maximum atomic E-state index is 11.8. The summed E-state index contributed by atoms with van der Waals surface area (Å²) in [6, 6.07) is 0. The summed E-state index contributed by atoms with van der Waals surface area (Å²) in [5, 5.41) is 0. The molecule has 92 valence electrons. The van der Waals surface area contributed by atoms with Gasteiger partial charge in [-0.05, 0) is 40.0 Å². The van der Waals surface area contributed by atoms with E-state index in [4.69, 9.17) is 9.47 Å². The fourth-order valence-electron chi connectivity index (χ4n) is 1.81. The van der Waals surface area contributed by atoms with Gasteiger partial charge < -0.3 is 14.4 Å². The third-order valence-corrected chi connectivity index (χ3v) is 2.71. The van der Waals surface area contributed by atoms with E-state index in [9.17, 15) is 4.79 Å². The Morgan fingerprint density at radius 1 is 1.19 bits per heavy atom. The Hall–Kier alpha value is -0.770. The lowest BCUT2D eigenvalue weighted by molar-refractivity contribution is 0.0182. The second-order valence-corrected chi connectivity index (χ2v) is 5.67. The van der Waals surface area contributed by atoms with Crippen molar-refractivity contribution in [2.75, 3.05) is 13.1 Å². The largest absolute Gasteiger partial charge is 0.444 e. The Morgan fingerprint density at radius 2 is 1.88 bits per heavy atom. The Labute approximate surface area is 96.9 Å². The third-order valence-electron chi connectivity index (χ3n) is 2.71. The zero-order valence-electron chi connectivity index (χ0n) is 10.4. The molecule has 1 atom stereocenters. The summed E-state index contributed by atoms with van der Waals surface area (Å²) in [5.41, 5.74) is -0.410. The molecule has 0 unspecified atom stereocenters. The molecule has 0 spiro atoms. The Balaban J connectivity index is 1.76. The smallest absolute Gasteiger partial charge is 0.410 e. The van der Waals surface area contributed by atoms with Gasteiger partial charge in [-0.15, -0.1) is 0 Å². The van der Waals surface area contributed by atoms with E-state index in [1.54, 1.807) is 4.90 Å². The molecular weight excluding hydrogens is 206 g/mol. The summed E-state index contributed by atoms with van der Waals surface area (Å²) >= 11 is 0. The summed E-state index contributed by atoms with van der Waals surface area (Å²) < 4.78 is 11.1. The van der Waals surface area contributed by atoms with Crippen LogP contribution in [-0.2, 0) is 9.47 Å². The van der Waals surface area contributed by atoms with Crippen LogP contribution < -0.4 is 0 Å². The lowest BCUT2D eigenvalue weighted by atomic mass is 10.2. The van der Waals surface area contributed by atoms with Crippen molar-refractivity contribution in [3.05, 3.63) is 0 Å². The molecule has 1 saturated carbocycles. The molecule has 0 aromatic heterocycles. The van der Waals surface area contributed by atoms with Gasteiger partial charge in [0.25, 0.3) is 0 Å². The highest BCUT2D eigenvalue weighted by atomic mass is 16.6. The monoisotopic (exact) mass is 227 g/mol. The number of carbonyl (C=O) groups is 1. The first-order chi connectivity index (χ1) is 7.44. The molecule has 2 fully saturated rings. The molecule has 0 N–H and O–H groups in total. The van der Waals surface area contributed by atoms with Crippen LogP contribution in [0.1, 0.15) is 40.0 Å². The summed E-state index contributed by atoms with van der Waals surface area (Å²) in [6.07, 6.45) is 3.78. The van der Waals surface area contributed by atoms with Crippen LogP contribution in [0.15, 0.2) is 0 Å². The van der Waals surface area contributed by atoms with Crippen molar-refractivity contribution in [3.63, 3.8) is 0 Å². The highest BCUT2D eigenvalue weighted by Gasteiger charge is 2.34. The summed E-state index contributed by atoms with van der Waals surface area (Å²) in [6.45, 7) is 7.11. The Bertz CT molecular complexity index is 268. The quantitative estimate of drug-likeness (QED) is 0.725. The average Bonchev–Trinajstić information content (AvgIpc) is 2.78. The molecule has 1 heterocycles. The second-order valence-electron chi connectivity index (χ2n) is 5.67. The number of nitrogens with zero attached hydrogens (tertiary/aromatic N) is 1. The van der Waals surface area contributed by atoms with Gasteiger partial charge in [0.2, 0.25) is 0 Å². The van der Waals surface area contributed by atoms with Crippen LogP contribution in [0.25, 0.3) is 0 Å². The molecule has 0 radical (unpaired) electrons. The Morgan fingerprint density at radius 3 is 2.44 bits per heavy atom. The molecule has 2 aliphatic rings. The average molecular weight is 227 g/mol. The van der Waals surface area contributed by atoms with Gasteiger partial charge in [-0.2, -0.15) is 0 Å². The summed E-state index contributed by atoms with van der Waals surface area (Å²) in [4.78, 5) is 13.5. The van der Waals surface area contributed by atoms with E-state index in [-0.39, 0.29) is 12.2 Å². The molecule has 4 heteroatoms. The molecule has 16 heavy (non-hydrogen) atoms. The summed E-state index contributed by atoms with van der Waals surface area (Å²) in [5.74, 6) is 0. The van der Waals surface area contributed by atoms with Crippen LogP contribution >= 0.6 is 0 Å². The zero-order valence-corrected chi connectivity index (χ0v) is 10.4. The number of hydrogen-bond acceptors (Lipinski definition) is 3. The lowest BCUT2D eigenvalue weighted by Gasteiger charge is -2.24. The number of carbonyl (C=O) groups excluding carboxylic acids is 1. The van der Waals surface area contributed by atoms with Gasteiger partial charge in [0, 0.05) is 6.54 Å². The molecular formula is C12H21NO3. The van der Waals surface area contributed by atoms with Gasteiger partial charge in [-0.25, -0.2) is 4.79 Å². The normalized spacial score (nSPS) is 25.9. The SMILES string of the molecule is CC(C)(C)OC(=O)N1CC[C@@H](OC2CC2)C1. The van der Waals surface area contributed by atoms with E-state index in [0.717, 1.165) is 13.0 Å². The van der Waals surface area contributed by atoms with Crippen LogP contribution in [0.5, 0.6) is 0 Å². The molecule has 1 amide bonds. The number of likely N-dealkylation sites (tertiary alicyclic amines) is 1. The first kappa shape index (κ1) is 11.7. The van der Waals surface area contributed by atoms with E-state index in [1.165, 1.54) is 12.8 Å². The van der Waals surface area contributed by atoms with E-state index in [0.29, 0.717) is 12.6 Å². The van der Waals surface area contributed by atoms with Gasteiger partial charge in [0.05, 0.1) is 18.8 Å². The molecule has 0 aromatic carbocycles. The molecule has 2 rings (SSSR count). The predicted molar refractivity (Wildman–Crippen MR) is 60.3 cm³/mol. The minimum absolute atomic E-state index is 0.214. The molecule has 0 aromatic rings. The molecule has 1 aliphatic carbocycles. The maximum Gasteiger partial charge on any atom is 0.410 e. The van der Waals surface area contributed by atoms with E-state index < -0.39 is 5.60 Å². The number of ether oxygens (including phenoxy) is 2. The van der Waals surface area contributed by atoms with E-state index in [1.807, 2.05) is 20.8 Å². The van der Waals surface area contributed by atoms with Crippen molar-refractivity contribution >= 4 is 6.09 Å². The standard InChI is InChI=1S/C12H21NO3/c1-12(2,3)16-11(14)13-7-6-10(8-13)15-9-4-5-9/h9-10H,4-8H2,1-3H3/t10-/m1/s1. The van der Waals surface area contributed by atoms with Crippen LogP contribution in [0.2, 0.25) is 0 Å². The van der Waals surface area contributed by atoms with Crippen molar-refractivity contribution in [3.8, 4) is 0 Å². The maximum absolute atomic E-state index is 11.8. The van der Waals surface area contributed by atoms with Crippen molar-refractivity contribution in [1.29, 1.82) is 0 Å². The number of amides is 1. The first-order valence-corrected chi connectivity index (χ1v) is 6.07. The second kappa shape index (κ2) is 4.24.